The van der Waals surface area contributed by atoms with E-state index in [0.29, 0.717) is 11.4 Å². The molecule has 2 aromatic rings. The van der Waals surface area contributed by atoms with Crippen molar-refractivity contribution in [2.24, 2.45) is 0 Å². The summed E-state index contributed by atoms with van der Waals surface area (Å²) in [6.07, 6.45) is -2.39. The number of carbonyl (C=O) groups excluding carboxylic acids is 1. The summed E-state index contributed by atoms with van der Waals surface area (Å²) in [5, 5.41) is 13.5. The number of esters is 1. The number of nitrogens with one attached hydrogen (secondary N) is 2. The molecule has 1 aliphatic rings. The summed E-state index contributed by atoms with van der Waals surface area (Å²) in [7, 11) is -4.36. The predicted octanol–water partition coefficient (Wildman–Crippen LogP) is 2.70. The minimum Gasteiger partial charge on any atom is -0.465 e. The normalized spacial score (nSPS) is 25.5. The molecule has 0 radical (unpaired) electrons. The van der Waals surface area contributed by atoms with Gasteiger partial charge in [-0.1, -0.05) is 24.9 Å². The van der Waals surface area contributed by atoms with Crippen molar-refractivity contribution in [2.75, 3.05) is 13.2 Å². The molecule has 15 heteroatoms. The molecular formula is C23H30ClFN3O9P. The Kier molecular flexibility index (Phi) is 9.91. The maximum Gasteiger partial charge on any atom is 0.459 e. The van der Waals surface area contributed by atoms with Crippen LogP contribution in [0.15, 0.2) is 46.1 Å². The van der Waals surface area contributed by atoms with Crippen LogP contribution in [0, 0.1) is 0 Å². The first kappa shape index (κ1) is 30.0. The van der Waals surface area contributed by atoms with Crippen LogP contribution in [0.5, 0.6) is 5.75 Å². The highest BCUT2D eigenvalue weighted by Gasteiger charge is 2.55. The second-order valence-electron chi connectivity index (χ2n) is 8.85. The van der Waals surface area contributed by atoms with E-state index in [1.165, 1.54) is 31.2 Å². The standard InChI is InChI=1S/C23H30ClFN3O9P/c1-4-5-12-34-20(31)14(2)27-38(33,37-16-8-6-15(24)7-9-16)35-13-17-19(30)23(3,25)21(36-17)28-11-10-18(29)26-22(28)32/h6-11,14,17,19,21,30H,4-5,12-13H2,1-3H3,(H,27,33)(H,26,29,32)/t14-,17+,19+,21+,23?,38?/m0/s1. The van der Waals surface area contributed by atoms with Crippen LogP contribution in [0.1, 0.15) is 39.8 Å². The minimum atomic E-state index is -4.36. The molecular weight excluding hydrogens is 548 g/mol. The molecule has 38 heavy (non-hydrogen) atoms. The quantitative estimate of drug-likeness (QED) is 0.194. The fourth-order valence-corrected chi connectivity index (χ4v) is 5.22. The summed E-state index contributed by atoms with van der Waals surface area (Å²) in [5.41, 5.74) is -4.14. The van der Waals surface area contributed by atoms with Crippen molar-refractivity contribution in [1.29, 1.82) is 0 Å². The van der Waals surface area contributed by atoms with Crippen molar-refractivity contribution in [1.82, 2.24) is 14.6 Å². The van der Waals surface area contributed by atoms with Gasteiger partial charge in [-0.05, 0) is 44.5 Å². The lowest BCUT2D eigenvalue weighted by Crippen LogP contribution is -2.43. The Bertz CT molecular complexity index is 1270. The van der Waals surface area contributed by atoms with Crippen molar-refractivity contribution >= 4 is 25.3 Å². The largest absolute Gasteiger partial charge is 0.465 e. The van der Waals surface area contributed by atoms with E-state index in [4.69, 9.17) is 30.1 Å². The van der Waals surface area contributed by atoms with Crippen LogP contribution < -0.4 is 20.9 Å². The Morgan fingerprint density at radius 3 is 2.66 bits per heavy atom. The molecule has 210 valence electrons. The van der Waals surface area contributed by atoms with Crippen LogP contribution in [-0.4, -0.2) is 57.8 Å². The molecule has 0 aliphatic carbocycles. The SMILES string of the molecule is CCCCOC(=O)[C@H](C)NP(=O)(OC[C@H]1O[C@@H](n2ccc(=O)[nH]c2=O)C(C)(F)[C@@H]1O)Oc1ccc(Cl)cc1. The molecule has 1 saturated heterocycles. The van der Waals surface area contributed by atoms with Gasteiger partial charge in [0.15, 0.2) is 11.9 Å². The molecule has 0 bridgehead atoms. The summed E-state index contributed by atoms with van der Waals surface area (Å²) in [5.74, 6) is -0.620. The average molecular weight is 578 g/mol. The molecule has 2 heterocycles. The van der Waals surface area contributed by atoms with Crippen molar-refractivity contribution < 1.29 is 37.4 Å². The molecule has 0 saturated carbocycles. The number of aliphatic hydroxyl groups is 1. The number of halogens is 2. The maximum absolute atomic E-state index is 15.5. The summed E-state index contributed by atoms with van der Waals surface area (Å²) in [4.78, 5) is 37.9. The van der Waals surface area contributed by atoms with Crippen LogP contribution >= 0.6 is 19.3 Å². The number of benzene rings is 1. The fraction of sp³-hybridized carbons (Fsp3) is 0.522. The van der Waals surface area contributed by atoms with Crippen molar-refractivity contribution in [3.8, 4) is 5.75 Å². The number of hydrogen-bond donors (Lipinski definition) is 3. The zero-order chi connectivity index (χ0) is 28.1. The summed E-state index contributed by atoms with van der Waals surface area (Å²) in [6.45, 7) is 3.85. The van der Waals surface area contributed by atoms with E-state index in [9.17, 15) is 24.1 Å². The molecule has 3 rings (SSSR count). The van der Waals surface area contributed by atoms with Gasteiger partial charge in [-0.2, -0.15) is 5.09 Å². The van der Waals surface area contributed by atoms with Crippen LogP contribution in [-0.2, 0) is 23.4 Å². The van der Waals surface area contributed by atoms with E-state index in [0.717, 1.165) is 30.2 Å². The van der Waals surface area contributed by atoms with Gasteiger partial charge in [-0.3, -0.25) is 23.7 Å². The Morgan fingerprint density at radius 1 is 1.34 bits per heavy atom. The number of H-pyrrole nitrogens is 1. The zero-order valence-corrected chi connectivity index (χ0v) is 22.6. The second kappa shape index (κ2) is 12.5. The number of aromatic nitrogens is 2. The number of ether oxygens (including phenoxy) is 2. The number of unbranched alkanes of at least 4 members (excludes halogenated alkanes) is 1. The molecule has 3 N–H and O–H groups in total. The van der Waals surface area contributed by atoms with Gasteiger partial charge in [0.05, 0.1) is 13.2 Å². The smallest absolute Gasteiger partial charge is 0.459 e. The molecule has 1 fully saturated rings. The number of nitrogens with zero attached hydrogens (tertiary/aromatic N) is 1. The van der Waals surface area contributed by atoms with Gasteiger partial charge in [-0.25, -0.2) is 13.8 Å². The Hall–Kier alpha value is -2.54. The average Bonchev–Trinajstić information content (AvgIpc) is 3.08. The molecule has 1 aromatic carbocycles. The lowest BCUT2D eigenvalue weighted by atomic mass is 9.98. The zero-order valence-electron chi connectivity index (χ0n) is 21.0. The number of aromatic amines is 1. The highest BCUT2D eigenvalue weighted by molar-refractivity contribution is 7.52. The summed E-state index contributed by atoms with van der Waals surface area (Å²) < 4.78 is 51.6. The van der Waals surface area contributed by atoms with E-state index in [1.807, 2.05) is 11.9 Å². The third-order valence-corrected chi connectivity index (χ3v) is 7.61. The fourth-order valence-electron chi connectivity index (χ4n) is 3.59. The van der Waals surface area contributed by atoms with E-state index in [-0.39, 0.29) is 12.4 Å². The van der Waals surface area contributed by atoms with Gasteiger partial charge < -0.3 is 19.1 Å². The summed E-state index contributed by atoms with van der Waals surface area (Å²) >= 11 is 5.89. The van der Waals surface area contributed by atoms with Crippen molar-refractivity contribution in [2.45, 2.75) is 63.8 Å². The number of aliphatic hydroxyl groups excluding tert-OH is 1. The van der Waals surface area contributed by atoms with Crippen LogP contribution in [0.3, 0.4) is 0 Å². The first-order valence-corrected chi connectivity index (χ1v) is 13.8. The van der Waals surface area contributed by atoms with E-state index < -0.39 is 61.7 Å². The third-order valence-electron chi connectivity index (χ3n) is 5.72. The Labute approximate surface area is 222 Å². The molecule has 1 aliphatic heterocycles. The van der Waals surface area contributed by atoms with E-state index in [1.54, 1.807) is 0 Å². The van der Waals surface area contributed by atoms with Gasteiger partial charge in [0, 0.05) is 17.3 Å². The monoisotopic (exact) mass is 577 g/mol. The highest BCUT2D eigenvalue weighted by Crippen LogP contribution is 2.47. The van der Waals surface area contributed by atoms with Gasteiger partial charge in [0.25, 0.3) is 5.56 Å². The molecule has 0 spiro atoms. The topological polar surface area (TPSA) is 158 Å². The number of rotatable bonds is 12. The molecule has 0 amide bonds. The van der Waals surface area contributed by atoms with Crippen LogP contribution in [0.2, 0.25) is 5.02 Å². The minimum absolute atomic E-state index is 0.0812. The maximum atomic E-state index is 15.5. The third kappa shape index (κ3) is 7.31. The van der Waals surface area contributed by atoms with Crippen LogP contribution in [0.4, 0.5) is 4.39 Å². The van der Waals surface area contributed by atoms with Gasteiger partial charge in [0.2, 0.25) is 0 Å². The van der Waals surface area contributed by atoms with Gasteiger partial charge >= 0.3 is 19.4 Å². The number of carbonyl (C=O) groups is 1. The second-order valence-corrected chi connectivity index (χ2v) is 11.0. The van der Waals surface area contributed by atoms with Gasteiger partial charge in [-0.15, -0.1) is 0 Å². The van der Waals surface area contributed by atoms with Crippen molar-refractivity contribution in [3.05, 3.63) is 62.4 Å². The molecule has 2 unspecified atom stereocenters. The predicted molar refractivity (Wildman–Crippen MR) is 135 cm³/mol. The van der Waals surface area contributed by atoms with Gasteiger partial charge in [0.1, 0.15) is 24.0 Å². The molecule has 6 atom stereocenters. The molecule has 1 aromatic heterocycles. The first-order chi connectivity index (χ1) is 17.9. The van der Waals surface area contributed by atoms with Crippen LogP contribution in [0.25, 0.3) is 0 Å². The Balaban J connectivity index is 1.78. The number of hydrogen-bond acceptors (Lipinski definition) is 9. The lowest BCUT2D eigenvalue weighted by molar-refractivity contribution is -0.145. The highest BCUT2D eigenvalue weighted by atomic mass is 35.5. The summed E-state index contributed by atoms with van der Waals surface area (Å²) in [6, 6.07) is 5.67. The lowest BCUT2D eigenvalue weighted by Gasteiger charge is -2.25. The van der Waals surface area contributed by atoms with E-state index >= 15 is 4.39 Å². The van der Waals surface area contributed by atoms with E-state index in [2.05, 4.69) is 5.09 Å². The molecule has 12 nitrogen and oxygen atoms in total. The van der Waals surface area contributed by atoms with Crippen molar-refractivity contribution in [3.63, 3.8) is 0 Å². The Morgan fingerprint density at radius 2 is 2.03 bits per heavy atom. The first-order valence-electron chi connectivity index (χ1n) is 11.8. The number of alkyl halides is 1.